The number of hydrogen-bond donors (Lipinski definition) is 1. The molecule has 1 aliphatic rings. The molecule has 0 bridgehead atoms. The average Bonchev–Trinajstić information content (AvgIpc) is 2.76. The third kappa shape index (κ3) is 2.77. The van der Waals surface area contributed by atoms with E-state index in [0.29, 0.717) is 30.1 Å². The Hall–Kier alpha value is -1.07. The number of carbonyl (C=O) groups excluding carboxylic acids is 2. The fourth-order valence-corrected chi connectivity index (χ4v) is 2.73. The summed E-state index contributed by atoms with van der Waals surface area (Å²) in [5.41, 5.74) is 5.17. The van der Waals surface area contributed by atoms with E-state index in [1.54, 1.807) is 30.0 Å². The second kappa shape index (κ2) is 5.13. The minimum absolute atomic E-state index is 0.170. The standard InChI is InChI=1S/C13H14BrClN2O2/c1-13(12(16)19)4-5-17(7-13)11(18)9-6-8(14)2-3-10(9)15/h2-3,6H,4-5,7H2,1H3,(H2,16,19). The van der Waals surface area contributed by atoms with Crippen molar-refractivity contribution in [2.24, 2.45) is 11.1 Å². The van der Waals surface area contributed by atoms with E-state index < -0.39 is 5.41 Å². The highest BCUT2D eigenvalue weighted by Crippen LogP contribution is 2.31. The van der Waals surface area contributed by atoms with E-state index in [9.17, 15) is 9.59 Å². The Morgan fingerprint density at radius 1 is 1.47 bits per heavy atom. The molecule has 19 heavy (non-hydrogen) atoms. The third-order valence-electron chi connectivity index (χ3n) is 3.51. The van der Waals surface area contributed by atoms with Gasteiger partial charge in [-0.05, 0) is 31.5 Å². The molecule has 102 valence electrons. The molecule has 6 heteroatoms. The third-order valence-corrected chi connectivity index (χ3v) is 4.34. The van der Waals surface area contributed by atoms with Crippen LogP contribution in [0.25, 0.3) is 0 Å². The van der Waals surface area contributed by atoms with Crippen LogP contribution in [0, 0.1) is 5.41 Å². The Morgan fingerprint density at radius 2 is 2.16 bits per heavy atom. The van der Waals surface area contributed by atoms with Crippen LogP contribution in [0.1, 0.15) is 23.7 Å². The lowest BCUT2D eigenvalue weighted by atomic mass is 9.89. The lowest BCUT2D eigenvalue weighted by Crippen LogP contribution is -2.38. The maximum absolute atomic E-state index is 12.4. The molecule has 0 aliphatic carbocycles. The van der Waals surface area contributed by atoms with Gasteiger partial charge in [-0.2, -0.15) is 0 Å². The molecule has 0 aromatic heterocycles. The Labute approximate surface area is 125 Å². The molecule has 2 amide bonds. The van der Waals surface area contributed by atoms with Crippen molar-refractivity contribution in [1.82, 2.24) is 4.90 Å². The normalized spacial score (nSPS) is 22.6. The molecule has 1 atom stereocenters. The summed E-state index contributed by atoms with van der Waals surface area (Å²) in [5, 5.41) is 0.404. The highest BCUT2D eigenvalue weighted by molar-refractivity contribution is 9.10. The molecule has 1 aromatic rings. The number of halogens is 2. The first-order chi connectivity index (χ1) is 8.83. The van der Waals surface area contributed by atoms with Gasteiger partial charge in [-0.1, -0.05) is 27.5 Å². The average molecular weight is 346 g/mol. The molecule has 4 nitrogen and oxygen atoms in total. The van der Waals surface area contributed by atoms with E-state index in [2.05, 4.69) is 15.9 Å². The summed E-state index contributed by atoms with van der Waals surface area (Å²) < 4.78 is 0.789. The van der Waals surface area contributed by atoms with Gasteiger partial charge in [0.2, 0.25) is 5.91 Å². The van der Waals surface area contributed by atoms with Crippen LogP contribution in [-0.4, -0.2) is 29.8 Å². The number of primary amides is 1. The molecule has 0 saturated carbocycles. The van der Waals surface area contributed by atoms with Gasteiger partial charge in [0.25, 0.3) is 5.91 Å². The van der Waals surface area contributed by atoms with Crippen molar-refractivity contribution in [3.05, 3.63) is 33.3 Å². The fraction of sp³-hybridized carbons (Fsp3) is 0.385. The lowest BCUT2D eigenvalue weighted by Gasteiger charge is -2.21. The Morgan fingerprint density at radius 3 is 2.74 bits per heavy atom. The maximum Gasteiger partial charge on any atom is 0.255 e. The van der Waals surface area contributed by atoms with Gasteiger partial charge in [-0.25, -0.2) is 0 Å². The zero-order valence-electron chi connectivity index (χ0n) is 10.5. The fourth-order valence-electron chi connectivity index (χ4n) is 2.17. The maximum atomic E-state index is 12.4. The molecule has 1 fully saturated rings. The second-order valence-corrected chi connectivity index (χ2v) is 6.35. The molecule has 0 spiro atoms. The van der Waals surface area contributed by atoms with Gasteiger partial charge in [0.1, 0.15) is 0 Å². The summed E-state index contributed by atoms with van der Waals surface area (Å²) in [4.78, 5) is 25.4. The number of amides is 2. The van der Waals surface area contributed by atoms with Gasteiger partial charge in [0.05, 0.1) is 16.0 Å². The van der Waals surface area contributed by atoms with E-state index in [1.807, 2.05) is 0 Å². The minimum atomic E-state index is -0.645. The molecule has 2 rings (SSSR count). The molecular formula is C13H14BrClN2O2. The van der Waals surface area contributed by atoms with Gasteiger partial charge in [0.15, 0.2) is 0 Å². The minimum Gasteiger partial charge on any atom is -0.369 e. The molecule has 1 unspecified atom stereocenters. The number of benzene rings is 1. The molecular weight excluding hydrogens is 332 g/mol. The summed E-state index contributed by atoms with van der Waals surface area (Å²) in [7, 11) is 0. The number of rotatable bonds is 2. The van der Waals surface area contributed by atoms with Gasteiger partial charge in [-0.3, -0.25) is 9.59 Å². The first-order valence-corrected chi connectivity index (χ1v) is 7.05. The van der Waals surface area contributed by atoms with Crippen molar-refractivity contribution < 1.29 is 9.59 Å². The molecule has 1 heterocycles. The van der Waals surface area contributed by atoms with Gasteiger partial charge in [-0.15, -0.1) is 0 Å². The van der Waals surface area contributed by atoms with E-state index in [-0.39, 0.29) is 11.8 Å². The van der Waals surface area contributed by atoms with Crippen LogP contribution in [-0.2, 0) is 4.79 Å². The highest BCUT2D eigenvalue weighted by Gasteiger charge is 2.41. The van der Waals surface area contributed by atoms with Gasteiger partial charge in [0, 0.05) is 17.6 Å². The number of nitrogens with zero attached hydrogens (tertiary/aromatic N) is 1. The quantitative estimate of drug-likeness (QED) is 0.895. The zero-order chi connectivity index (χ0) is 14.2. The van der Waals surface area contributed by atoms with E-state index >= 15 is 0 Å². The molecule has 1 aromatic carbocycles. The highest BCUT2D eigenvalue weighted by atomic mass is 79.9. The van der Waals surface area contributed by atoms with E-state index in [1.165, 1.54) is 0 Å². The SMILES string of the molecule is CC1(C(N)=O)CCN(C(=O)c2cc(Br)ccc2Cl)C1. The number of hydrogen-bond acceptors (Lipinski definition) is 2. The number of carbonyl (C=O) groups is 2. The topological polar surface area (TPSA) is 63.4 Å². The molecule has 1 aliphatic heterocycles. The number of nitrogens with two attached hydrogens (primary N) is 1. The summed E-state index contributed by atoms with van der Waals surface area (Å²) >= 11 is 9.36. The Balaban J connectivity index is 2.22. The van der Waals surface area contributed by atoms with Crippen molar-refractivity contribution in [3.8, 4) is 0 Å². The summed E-state index contributed by atoms with van der Waals surface area (Å²) in [6, 6.07) is 5.13. The predicted octanol–water partition coefficient (Wildman–Crippen LogP) is 2.44. The van der Waals surface area contributed by atoms with Crippen LogP contribution in [0.5, 0.6) is 0 Å². The van der Waals surface area contributed by atoms with Crippen LogP contribution in [0.4, 0.5) is 0 Å². The first kappa shape index (κ1) is 14.3. The van der Waals surface area contributed by atoms with Crippen molar-refractivity contribution in [2.45, 2.75) is 13.3 Å². The van der Waals surface area contributed by atoms with Crippen LogP contribution < -0.4 is 5.73 Å². The monoisotopic (exact) mass is 344 g/mol. The van der Waals surface area contributed by atoms with Crippen LogP contribution in [0.15, 0.2) is 22.7 Å². The Bertz CT molecular complexity index is 549. The van der Waals surface area contributed by atoms with Crippen molar-refractivity contribution >= 4 is 39.3 Å². The number of likely N-dealkylation sites (tertiary alicyclic amines) is 1. The summed E-state index contributed by atoms with van der Waals surface area (Å²) in [6.45, 7) is 2.64. The van der Waals surface area contributed by atoms with Gasteiger partial charge >= 0.3 is 0 Å². The molecule has 0 radical (unpaired) electrons. The first-order valence-electron chi connectivity index (χ1n) is 5.88. The van der Waals surface area contributed by atoms with Crippen LogP contribution >= 0.6 is 27.5 Å². The van der Waals surface area contributed by atoms with E-state index in [4.69, 9.17) is 17.3 Å². The lowest BCUT2D eigenvalue weighted by molar-refractivity contribution is -0.126. The molecule has 1 saturated heterocycles. The largest absolute Gasteiger partial charge is 0.369 e. The van der Waals surface area contributed by atoms with Crippen molar-refractivity contribution in [2.75, 3.05) is 13.1 Å². The molecule has 2 N–H and O–H groups in total. The predicted molar refractivity (Wildman–Crippen MR) is 77.0 cm³/mol. The summed E-state index contributed by atoms with van der Waals surface area (Å²) in [6.07, 6.45) is 0.583. The van der Waals surface area contributed by atoms with E-state index in [0.717, 1.165) is 4.47 Å². The van der Waals surface area contributed by atoms with Gasteiger partial charge < -0.3 is 10.6 Å². The summed E-state index contributed by atoms with van der Waals surface area (Å²) in [5.74, 6) is -0.542. The van der Waals surface area contributed by atoms with Crippen LogP contribution in [0.2, 0.25) is 5.02 Å². The zero-order valence-corrected chi connectivity index (χ0v) is 12.8. The smallest absolute Gasteiger partial charge is 0.255 e. The second-order valence-electron chi connectivity index (χ2n) is 5.03. The Kier molecular flexibility index (Phi) is 3.87. The van der Waals surface area contributed by atoms with Crippen molar-refractivity contribution in [1.29, 1.82) is 0 Å². The van der Waals surface area contributed by atoms with Crippen LogP contribution in [0.3, 0.4) is 0 Å². The van der Waals surface area contributed by atoms with Crippen molar-refractivity contribution in [3.63, 3.8) is 0 Å².